The van der Waals surface area contributed by atoms with Crippen LogP contribution in [-0.2, 0) is 4.74 Å². The lowest BCUT2D eigenvalue weighted by molar-refractivity contribution is 0.0195. The van der Waals surface area contributed by atoms with Crippen LogP contribution in [0.1, 0.15) is 98.5 Å². The predicted octanol–water partition coefficient (Wildman–Crippen LogP) is 7.62. The van der Waals surface area contributed by atoms with Crippen molar-refractivity contribution < 1.29 is 14.3 Å². The molecule has 0 unspecified atom stereocenters. The van der Waals surface area contributed by atoms with Gasteiger partial charge < -0.3 is 9.47 Å². The van der Waals surface area contributed by atoms with Crippen LogP contribution in [0.3, 0.4) is 0 Å². The van der Waals surface area contributed by atoms with Crippen LogP contribution >= 0.6 is 0 Å². The molecule has 0 radical (unpaired) electrons. The van der Waals surface area contributed by atoms with Gasteiger partial charge in [-0.05, 0) is 74.8 Å². The summed E-state index contributed by atoms with van der Waals surface area (Å²) in [6, 6.07) is 16.2. The van der Waals surface area contributed by atoms with Gasteiger partial charge in [-0.3, -0.25) is 0 Å². The Labute approximate surface area is 188 Å². The third-order valence-corrected chi connectivity index (χ3v) is 6.35. The normalized spacial score (nSPS) is 18.5. The summed E-state index contributed by atoms with van der Waals surface area (Å²) in [4.78, 5) is 12.5. The molecule has 0 heterocycles. The van der Waals surface area contributed by atoms with Crippen LogP contribution in [0, 0.1) is 6.92 Å². The fourth-order valence-corrected chi connectivity index (χ4v) is 4.33. The van der Waals surface area contributed by atoms with E-state index in [2.05, 4.69) is 38.1 Å². The number of esters is 1. The number of carbonyl (C=O) groups is 1. The van der Waals surface area contributed by atoms with Gasteiger partial charge in [-0.2, -0.15) is 0 Å². The van der Waals surface area contributed by atoms with Gasteiger partial charge >= 0.3 is 5.97 Å². The number of hydrogen-bond donors (Lipinski definition) is 0. The van der Waals surface area contributed by atoms with Crippen molar-refractivity contribution in [2.45, 2.75) is 90.1 Å². The highest BCUT2D eigenvalue weighted by molar-refractivity contribution is 5.89. The van der Waals surface area contributed by atoms with Crippen molar-refractivity contribution in [2.24, 2.45) is 0 Å². The molecule has 168 valence electrons. The molecule has 1 saturated carbocycles. The topological polar surface area (TPSA) is 35.5 Å². The standard InChI is InChI=1S/C28H38O3/c1-3-4-5-6-7-8-21-30-26-17-15-25(16-18-26)28(29)31-27-19-13-24(14-20-27)23-11-9-22(2)10-12-23/h9-12,15-18,24,27H,3-8,13-14,19-21H2,1-2H3. The first kappa shape index (κ1) is 23.4. The molecule has 0 aromatic heterocycles. The van der Waals surface area contributed by atoms with Gasteiger partial charge in [0.15, 0.2) is 0 Å². The molecule has 2 aromatic carbocycles. The summed E-state index contributed by atoms with van der Waals surface area (Å²) in [6.07, 6.45) is 11.6. The lowest BCUT2D eigenvalue weighted by Crippen LogP contribution is -2.24. The second-order valence-electron chi connectivity index (χ2n) is 8.93. The maximum absolute atomic E-state index is 12.5. The van der Waals surface area contributed by atoms with E-state index in [-0.39, 0.29) is 12.1 Å². The van der Waals surface area contributed by atoms with Gasteiger partial charge in [0.1, 0.15) is 11.9 Å². The molecular weight excluding hydrogens is 384 g/mol. The van der Waals surface area contributed by atoms with E-state index in [0.29, 0.717) is 11.5 Å². The van der Waals surface area contributed by atoms with Crippen LogP contribution in [0.25, 0.3) is 0 Å². The van der Waals surface area contributed by atoms with Gasteiger partial charge in [-0.1, -0.05) is 68.9 Å². The molecule has 0 amide bonds. The molecule has 2 aromatic rings. The van der Waals surface area contributed by atoms with Crippen molar-refractivity contribution in [3.8, 4) is 5.75 Å². The van der Waals surface area contributed by atoms with E-state index < -0.39 is 0 Å². The summed E-state index contributed by atoms with van der Waals surface area (Å²) in [5.74, 6) is 1.18. The summed E-state index contributed by atoms with van der Waals surface area (Å²) in [6.45, 7) is 5.09. The minimum Gasteiger partial charge on any atom is -0.494 e. The van der Waals surface area contributed by atoms with Crippen LogP contribution in [-0.4, -0.2) is 18.7 Å². The van der Waals surface area contributed by atoms with Crippen LogP contribution in [0.4, 0.5) is 0 Å². The molecular formula is C28H38O3. The molecule has 0 N–H and O–H groups in total. The Hall–Kier alpha value is -2.29. The highest BCUT2D eigenvalue weighted by Crippen LogP contribution is 2.34. The van der Waals surface area contributed by atoms with E-state index in [4.69, 9.17) is 9.47 Å². The van der Waals surface area contributed by atoms with Crippen LogP contribution in [0.5, 0.6) is 5.75 Å². The maximum atomic E-state index is 12.5. The second kappa shape index (κ2) is 12.5. The molecule has 3 nitrogen and oxygen atoms in total. The van der Waals surface area contributed by atoms with Crippen molar-refractivity contribution in [1.82, 2.24) is 0 Å². The fraction of sp³-hybridized carbons (Fsp3) is 0.536. The molecule has 31 heavy (non-hydrogen) atoms. The largest absolute Gasteiger partial charge is 0.494 e. The Morgan fingerprint density at radius 2 is 1.48 bits per heavy atom. The van der Waals surface area contributed by atoms with Gasteiger partial charge in [0.05, 0.1) is 12.2 Å². The first-order valence-electron chi connectivity index (χ1n) is 12.2. The lowest BCUT2D eigenvalue weighted by atomic mass is 9.82. The van der Waals surface area contributed by atoms with Gasteiger partial charge in [0.25, 0.3) is 0 Å². The molecule has 0 spiro atoms. The molecule has 0 atom stereocenters. The summed E-state index contributed by atoms with van der Waals surface area (Å²) < 4.78 is 11.6. The zero-order valence-electron chi connectivity index (χ0n) is 19.3. The molecule has 1 aliphatic carbocycles. The van der Waals surface area contributed by atoms with Crippen molar-refractivity contribution in [3.05, 3.63) is 65.2 Å². The highest BCUT2D eigenvalue weighted by Gasteiger charge is 2.25. The minimum atomic E-state index is -0.221. The first-order chi connectivity index (χ1) is 15.2. The third kappa shape index (κ3) is 7.72. The molecule has 1 fully saturated rings. The predicted molar refractivity (Wildman–Crippen MR) is 127 cm³/mol. The van der Waals surface area contributed by atoms with Crippen molar-refractivity contribution in [2.75, 3.05) is 6.61 Å². The smallest absolute Gasteiger partial charge is 0.338 e. The summed E-state index contributed by atoms with van der Waals surface area (Å²) in [5.41, 5.74) is 3.31. The van der Waals surface area contributed by atoms with Crippen molar-refractivity contribution >= 4 is 5.97 Å². The highest BCUT2D eigenvalue weighted by atomic mass is 16.5. The monoisotopic (exact) mass is 422 g/mol. The van der Waals surface area contributed by atoms with E-state index in [1.807, 2.05) is 24.3 Å². The summed E-state index contributed by atoms with van der Waals surface area (Å²) in [7, 11) is 0. The average Bonchev–Trinajstić information content (AvgIpc) is 2.80. The molecule has 3 heteroatoms. The Kier molecular flexibility index (Phi) is 9.45. The number of hydrogen-bond acceptors (Lipinski definition) is 3. The van der Waals surface area contributed by atoms with Crippen LogP contribution in [0.15, 0.2) is 48.5 Å². The van der Waals surface area contributed by atoms with E-state index in [9.17, 15) is 4.79 Å². The third-order valence-electron chi connectivity index (χ3n) is 6.35. The Morgan fingerprint density at radius 3 is 2.16 bits per heavy atom. The van der Waals surface area contributed by atoms with Crippen molar-refractivity contribution in [3.63, 3.8) is 0 Å². The molecule has 0 aliphatic heterocycles. The van der Waals surface area contributed by atoms with Crippen molar-refractivity contribution in [1.29, 1.82) is 0 Å². The van der Waals surface area contributed by atoms with Gasteiger partial charge in [0.2, 0.25) is 0 Å². The molecule has 0 bridgehead atoms. The maximum Gasteiger partial charge on any atom is 0.338 e. The van der Waals surface area contributed by atoms with E-state index in [1.54, 1.807) is 0 Å². The Bertz CT molecular complexity index is 771. The van der Waals surface area contributed by atoms with Gasteiger partial charge in [-0.15, -0.1) is 0 Å². The number of ether oxygens (including phenoxy) is 2. The number of benzene rings is 2. The first-order valence-corrected chi connectivity index (χ1v) is 12.2. The molecule has 0 saturated heterocycles. The van der Waals surface area contributed by atoms with E-state index in [0.717, 1.165) is 44.5 Å². The van der Waals surface area contributed by atoms with Gasteiger partial charge in [-0.25, -0.2) is 4.79 Å². The number of aryl methyl sites for hydroxylation is 1. The SMILES string of the molecule is CCCCCCCCOc1ccc(C(=O)OC2CCC(c3ccc(C)cc3)CC2)cc1. The summed E-state index contributed by atoms with van der Waals surface area (Å²) in [5, 5.41) is 0. The van der Waals surface area contributed by atoms with E-state index >= 15 is 0 Å². The zero-order chi connectivity index (χ0) is 21.9. The van der Waals surface area contributed by atoms with E-state index in [1.165, 1.54) is 43.2 Å². The average molecular weight is 423 g/mol. The molecule has 1 aliphatic rings. The minimum absolute atomic E-state index is 0.0258. The summed E-state index contributed by atoms with van der Waals surface area (Å²) >= 11 is 0. The van der Waals surface area contributed by atoms with Crippen LogP contribution in [0.2, 0.25) is 0 Å². The second-order valence-corrected chi connectivity index (χ2v) is 8.93. The number of carbonyl (C=O) groups excluding carboxylic acids is 1. The fourth-order valence-electron chi connectivity index (χ4n) is 4.33. The van der Waals surface area contributed by atoms with Gasteiger partial charge in [0, 0.05) is 0 Å². The Morgan fingerprint density at radius 1 is 0.839 bits per heavy atom. The number of rotatable bonds is 11. The molecule has 3 rings (SSSR count). The lowest BCUT2D eigenvalue weighted by Gasteiger charge is -2.28. The quantitative estimate of drug-likeness (QED) is 0.276. The zero-order valence-corrected chi connectivity index (χ0v) is 19.3. The Balaban J connectivity index is 1.36. The van der Waals surface area contributed by atoms with Crippen LogP contribution < -0.4 is 4.74 Å². The number of unbranched alkanes of at least 4 members (excludes halogenated alkanes) is 5.